The third kappa shape index (κ3) is 3.91. The smallest absolute Gasteiger partial charge is 0.319 e. The van der Waals surface area contributed by atoms with Gasteiger partial charge in [0, 0.05) is 31.6 Å². The highest BCUT2D eigenvalue weighted by Crippen LogP contribution is 2.27. The Balaban J connectivity index is 1.92. The van der Waals surface area contributed by atoms with Crippen molar-refractivity contribution in [3.05, 3.63) is 35.9 Å². The van der Waals surface area contributed by atoms with Crippen molar-refractivity contribution >= 4 is 23.2 Å². The zero-order valence-corrected chi connectivity index (χ0v) is 15.9. The van der Waals surface area contributed by atoms with Crippen LogP contribution in [0.1, 0.15) is 26.1 Å². The predicted octanol–water partition coefficient (Wildman–Crippen LogP) is 2.83. The maximum atomic E-state index is 13.3. The third-order valence-corrected chi connectivity index (χ3v) is 4.78. The number of carbonyl (C=O) groups excluding carboxylic acids is 1. The van der Waals surface area contributed by atoms with Gasteiger partial charge in [0.25, 0.3) is 0 Å². The second-order valence-electron chi connectivity index (χ2n) is 6.58. The lowest BCUT2D eigenvalue weighted by Gasteiger charge is -2.31. The number of urea groups is 1. The Morgan fingerprint density at radius 3 is 2.93 bits per heavy atom. The van der Waals surface area contributed by atoms with Crippen LogP contribution in [0.25, 0.3) is 5.65 Å². The molecule has 0 bridgehead atoms. The van der Waals surface area contributed by atoms with Crippen LogP contribution in [-0.2, 0) is 0 Å². The summed E-state index contributed by atoms with van der Waals surface area (Å²) < 4.78 is 14.9. The number of nitrogens with one attached hydrogen (secondary N) is 2. The molecule has 2 atom stereocenters. The van der Waals surface area contributed by atoms with Gasteiger partial charge in [-0.1, -0.05) is 6.08 Å². The number of allylic oxidation sites excluding steroid dienone is 3. The first-order valence-electron chi connectivity index (χ1n) is 8.95. The van der Waals surface area contributed by atoms with Gasteiger partial charge in [-0.2, -0.15) is 4.52 Å². The van der Waals surface area contributed by atoms with Crippen LogP contribution in [0.4, 0.5) is 20.7 Å². The number of aromatic nitrogens is 4. The van der Waals surface area contributed by atoms with E-state index in [-0.39, 0.29) is 23.8 Å². The van der Waals surface area contributed by atoms with Crippen LogP contribution in [0.5, 0.6) is 0 Å². The topological polar surface area (TPSA) is 87.5 Å². The second kappa shape index (κ2) is 7.73. The molecule has 8 nitrogen and oxygen atoms in total. The molecule has 2 N–H and O–H groups in total. The highest BCUT2D eigenvalue weighted by atomic mass is 19.1. The minimum absolute atomic E-state index is 0.0738. The lowest BCUT2D eigenvalue weighted by molar-refractivity contribution is 0.252. The quantitative estimate of drug-likeness (QED) is 0.841. The molecule has 2 aromatic rings. The molecule has 1 unspecified atom stereocenters. The van der Waals surface area contributed by atoms with Crippen molar-refractivity contribution in [1.29, 1.82) is 0 Å². The average Bonchev–Trinajstić information content (AvgIpc) is 3.02. The van der Waals surface area contributed by atoms with Crippen molar-refractivity contribution in [3.63, 3.8) is 0 Å². The van der Waals surface area contributed by atoms with E-state index < -0.39 is 0 Å². The molecule has 0 radical (unpaired) electrons. The Labute approximate surface area is 157 Å². The van der Waals surface area contributed by atoms with Crippen LogP contribution in [0.15, 0.2) is 30.1 Å². The molecule has 27 heavy (non-hydrogen) atoms. The normalized spacial score (nSPS) is 17.5. The number of amides is 2. The van der Waals surface area contributed by atoms with Crippen molar-refractivity contribution in [1.82, 2.24) is 25.1 Å². The van der Waals surface area contributed by atoms with Gasteiger partial charge in [0.1, 0.15) is 5.83 Å². The Bertz CT molecular complexity index is 904. The first-order chi connectivity index (χ1) is 12.9. The van der Waals surface area contributed by atoms with E-state index in [0.717, 1.165) is 0 Å². The first-order valence-corrected chi connectivity index (χ1v) is 8.95. The lowest BCUT2D eigenvalue weighted by Crippen LogP contribution is -2.36. The van der Waals surface area contributed by atoms with Crippen LogP contribution >= 0.6 is 0 Å². The molecule has 1 aliphatic carbocycles. The fraction of sp³-hybridized carbons (Fsp3) is 0.444. The second-order valence-corrected chi connectivity index (χ2v) is 6.58. The van der Waals surface area contributed by atoms with Crippen LogP contribution in [0.2, 0.25) is 0 Å². The van der Waals surface area contributed by atoms with Gasteiger partial charge in [0.05, 0.1) is 5.69 Å². The number of carbonyl (C=O) groups is 1. The molecule has 3 rings (SSSR count). The largest absolute Gasteiger partial charge is 0.355 e. The van der Waals surface area contributed by atoms with Gasteiger partial charge >= 0.3 is 6.03 Å². The zero-order valence-electron chi connectivity index (χ0n) is 15.9. The highest BCUT2D eigenvalue weighted by Gasteiger charge is 2.23. The van der Waals surface area contributed by atoms with Crippen LogP contribution in [0.3, 0.4) is 0 Å². The summed E-state index contributed by atoms with van der Waals surface area (Å²) in [5.41, 5.74) is 1.00. The van der Waals surface area contributed by atoms with Gasteiger partial charge in [0.2, 0.25) is 5.65 Å². The van der Waals surface area contributed by atoms with Gasteiger partial charge in [0.15, 0.2) is 11.6 Å². The molecular formula is C18H24FN7O. The van der Waals surface area contributed by atoms with E-state index in [2.05, 4.69) is 32.9 Å². The summed E-state index contributed by atoms with van der Waals surface area (Å²) in [4.78, 5) is 14.0. The molecule has 2 heterocycles. The van der Waals surface area contributed by atoms with Crippen molar-refractivity contribution in [2.45, 2.75) is 33.2 Å². The number of fused-ring (bicyclic) bond motifs is 1. The van der Waals surface area contributed by atoms with Crippen molar-refractivity contribution in [3.8, 4) is 0 Å². The summed E-state index contributed by atoms with van der Waals surface area (Å²) >= 11 is 0. The highest BCUT2D eigenvalue weighted by molar-refractivity contribution is 5.93. The molecule has 2 aromatic heterocycles. The number of anilines is 2. The zero-order chi connectivity index (χ0) is 19.6. The summed E-state index contributed by atoms with van der Waals surface area (Å²) in [6.07, 6.45) is 5.61. The molecular weight excluding hydrogens is 349 g/mol. The standard InChI is InChI=1S/C18H24FN7O/c1-5-20-18(27)21-15-10-16(24-26-12(3)22-23-17(15)26)25(4)11(2)13-6-8-14(19)9-7-13/h6,8-11,13H,5,7H2,1-4H3,(H2,20,21,27)/t11-,13?/m0/s1. The lowest BCUT2D eigenvalue weighted by atomic mass is 9.92. The van der Waals surface area contributed by atoms with Crippen molar-refractivity contribution in [2.75, 3.05) is 23.8 Å². The molecule has 0 saturated carbocycles. The van der Waals surface area contributed by atoms with Crippen molar-refractivity contribution in [2.24, 2.45) is 5.92 Å². The summed E-state index contributed by atoms with van der Waals surface area (Å²) in [5, 5.41) is 18.3. The summed E-state index contributed by atoms with van der Waals surface area (Å²) in [6, 6.07) is 1.53. The Morgan fingerprint density at radius 2 is 2.26 bits per heavy atom. The molecule has 0 saturated heterocycles. The monoisotopic (exact) mass is 373 g/mol. The number of hydrogen-bond acceptors (Lipinski definition) is 5. The van der Waals surface area contributed by atoms with Gasteiger partial charge < -0.3 is 15.5 Å². The van der Waals surface area contributed by atoms with Gasteiger partial charge in [-0.3, -0.25) is 0 Å². The molecule has 0 spiro atoms. The maximum Gasteiger partial charge on any atom is 0.319 e. The van der Waals surface area contributed by atoms with E-state index in [1.807, 2.05) is 24.9 Å². The van der Waals surface area contributed by atoms with E-state index >= 15 is 0 Å². The van der Waals surface area contributed by atoms with Crippen LogP contribution < -0.4 is 15.5 Å². The summed E-state index contributed by atoms with van der Waals surface area (Å²) in [5.74, 6) is 1.24. The molecule has 0 aliphatic heterocycles. The molecule has 2 amide bonds. The number of nitrogens with zero attached hydrogens (tertiary/aromatic N) is 5. The van der Waals surface area contributed by atoms with Crippen LogP contribution in [-0.4, -0.2) is 45.5 Å². The minimum Gasteiger partial charge on any atom is -0.355 e. The predicted molar refractivity (Wildman–Crippen MR) is 103 cm³/mol. The average molecular weight is 373 g/mol. The van der Waals surface area contributed by atoms with Crippen molar-refractivity contribution < 1.29 is 9.18 Å². The number of aryl methyl sites for hydroxylation is 1. The Morgan fingerprint density at radius 1 is 1.48 bits per heavy atom. The Kier molecular flexibility index (Phi) is 5.38. The van der Waals surface area contributed by atoms with Gasteiger partial charge in [-0.05, 0) is 39.3 Å². The first kappa shape index (κ1) is 18.8. The van der Waals surface area contributed by atoms with E-state index in [4.69, 9.17) is 0 Å². The summed E-state index contributed by atoms with van der Waals surface area (Å²) in [6.45, 7) is 6.22. The molecule has 144 valence electrons. The molecule has 0 aromatic carbocycles. The van der Waals surface area contributed by atoms with Crippen LogP contribution in [0, 0.1) is 12.8 Å². The fourth-order valence-corrected chi connectivity index (χ4v) is 3.03. The molecule has 0 fully saturated rings. The SMILES string of the molecule is CCNC(=O)Nc1cc(N(C)[C@@H](C)C2C=CC(F)=CC2)nn2c(C)nnc12. The van der Waals surface area contributed by atoms with Gasteiger partial charge in [-0.25, -0.2) is 9.18 Å². The number of halogens is 1. The maximum absolute atomic E-state index is 13.3. The number of rotatable bonds is 5. The minimum atomic E-state index is -0.316. The molecule has 9 heteroatoms. The summed E-state index contributed by atoms with van der Waals surface area (Å²) in [7, 11) is 1.93. The fourth-order valence-electron chi connectivity index (χ4n) is 3.03. The van der Waals surface area contributed by atoms with E-state index in [1.165, 1.54) is 6.08 Å². The van der Waals surface area contributed by atoms with E-state index in [9.17, 15) is 9.18 Å². The van der Waals surface area contributed by atoms with E-state index in [0.29, 0.717) is 35.9 Å². The van der Waals surface area contributed by atoms with Gasteiger partial charge in [-0.15, -0.1) is 15.3 Å². The van der Waals surface area contributed by atoms with E-state index in [1.54, 1.807) is 23.6 Å². The third-order valence-electron chi connectivity index (χ3n) is 4.78. The number of hydrogen-bond donors (Lipinski definition) is 2. The Hall–Kier alpha value is -2.97. The molecule has 1 aliphatic rings.